The van der Waals surface area contributed by atoms with Gasteiger partial charge in [0.2, 0.25) is 0 Å². The van der Waals surface area contributed by atoms with Crippen molar-refractivity contribution in [1.82, 2.24) is 0 Å². The van der Waals surface area contributed by atoms with Gasteiger partial charge in [0.1, 0.15) is 11.6 Å². The lowest BCUT2D eigenvalue weighted by atomic mass is 10.1. The van der Waals surface area contributed by atoms with Gasteiger partial charge in [-0.15, -0.1) is 0 Å². The van der Waals surface area contributed by atoms with E-state index in [-0.39, 0.29) is 5.82 Å². The number of hydrogen-bond donors (Lipinski definition) is 1. The van der Waals surface area contributed by atoms with Gasteiger partial charge in [0, 0.05) is 11.6 Å². The molecular weight excluding hydrogens is 269 g/mol. The predicted octanol–water partition coefficient (Wildman–Crippen LogP) is 4.21. The summed E-state index contributed by atoms with van der Waals surface area (Å²) in [6, 6.07) is 9.93. The van der Waals surface area contributed by atoms with Crippen molar-refractivity contribution in [1.29, 1.82) is 0 Å². The molecule has 0 heterocycles. The fourth-order valence-corrected chi connectivity index (χ4v) is 2.18. The monoisotopic (exact) mass is 289 g/mol. The largest absolute Gasteiger partial charge is 0.493 e. The molecule has 21 heavy (non-hydrogen) atoms. The molecule has 0 aliphatic heterocycles. The first-order valence-electron chi connectivity index (χ1n) is 6.95. The average Bonchev–Trinajstić information content (AvgIpc) is 2.47. The smallest absolute Gasteiger partial charge is 0.169 e. The first kappa shape index (κ1) is 15.3. The Morgan fingerprint density at radius 3 is 2.52 bits per heavy atom. The molecule has 0 aliphatic carbocycles. The summed E-state index contributed by atoms with van der Waals surface area (Å²) in [5, 5.41) is 0. The Balaban J connectivity index is 2.41. The number of rotatable bonds is 5. The van der Waals surface area contributed by atoms with E-state index in [1.807, 2.05) is 18.2 Å². The SMILES string of the molecule is CCc1ccc(Oc2cccc(F)c2[C@@H](C)N)c(OC)c1. The van der Waals surface area contributed by atoms with E-state index in [1.54, 1.807) is 26.2 Å². The van der Waals surface area contributed by atoms with Crippen molar-refractivity contribution < 1.29 is 13.9 Å². The Morgan fingerprint density at radius 1 is 1.14 bits per heavy atom. The number of benzene rings is 2. The molecule has 0 bridgehead atoms. The van der Waals surface area contributed by atoms with Crippen molar-refractivity contribution in [2.24, 2.45) is 5.73 Å². The van der Waals surface area contributed by atoms with E-state index >= 15 is 0 Å². The summed E-state index contributed by atoms with van der Waals surface area (Å²) in [6.07, 6.45) is 0.904. The minimum absolute atomic E-state index is 0.360. The second kappa shape index (κ2) is 6.59. The molecule has 0 radical (unpaired) electrons. The minimum Gasteiger partial charge on any atom is -0.493 e. The summed E-state index contributed by atoms with van der Waals surface area (Å²) in [6.45, 7) is 3.79. The zero-order chi connectivity index (χ0) is 15.4. The molecular formula is C17H20FNO2. The van der Waals surface area contributed by atoms with Gasteiger partial charge in [-0.2, -0.15) is 0 Å². The molecule has 0 spiro atoms. The van der Waals surface area contributed by atoms with Crippen molar-refractivity contribution in [2.75, 3.05) is 7.11 Å². The molecule has 0 aliphatic rings. The summed E-state index contributed by atoms with van der Waals surface area (Å²) < 4.78 is 25.1. The van der Waals surface area contributed by atoms with Crippen LogP contribution in [0.2, 0.25) is 0 Å². The third-order valence-electron chi connectivity index (χ3n) is 3.32. The average molecular weight is 289 g/mol. The van der Waals surface area contributed by atoms with Gasteiger partial charge in [-0.05, 0) is 43.2 Å². The molecule has 112 valence electrons. The van der Waals surface area contributed by atoms with E-state index in [9.17, 15) is 4.39 Å². The van der Waals surface area contributed by atoms with Crippen LogP contribution in [0.15, 0.2) is 36.4 Å². The molecule has 0 aromatic heterocycles. The van der Waals surface area contributed by atoms with Crippen molar-refractivity contribution in [2.45, 2.75) is 26.3 Å². The number of methoxy groups -OCH3 is 1. The Kier molecular flexibility index (Phi) is 4.81. The topological polar surface area (TPSA) is 44.5 Å². The maximum Gasteiger partial charge on any atom is 0.169 e. The van der Waals surface area contributed by atoms with Crippen molar-refractivity contribution >= 4 is 0 Å². The van der Waals surface area contributed by atoms with Crippen LogP contribution in [-0.2, 0) is 6.42 Å². The van der Waals surface area contributed by atoms with Crippen LogP contribution in [0, 0.1) is 5.82 Å². The molecule has 2 N–H and O–H groups in total. The molecule has 3 nitrogen and oxygen atoms in total. The number of ether oxygens (including phenoxy) is 2. The molecule has 2 rings (SSSR count). The highest BCUT2D eigenvalue weighted by molar-refractivity contribution is 5.47. The number of nitrogens with two attached hydrogens (primary N) is 1. The second-order valence-electron chi connectivity index (χ2n) is 4.88. The maximum absolute atomic E-state index is 13.9. The van der Waals surface area contributed by atoms with E-state index in [0.29, 0.717) is 22.8 Å². The van der Waals surface area contributed by atoms with Gasteiger partial charge in [-0.1, -0.05) is 19.1 Å². The van der Waals surface area contributed by atoms with Crippen LogP contribution in [0.5, 0.6) is 17.2 Å². The van der Waals surface area contributed by atoms with Gasteiger partial charge < -0.3 is 15.2 Å². The normalized spacial score (nSPS) is 12.0. The zero-order valence-corrected chi connectivity index (χ0v) is 12.5. The Bertz CT molecular complexity index is 626. The van der Waals surface area contributed by atoms with Crippen molar-refractivity contribution in [3.8, 4) is 17.2 Å². The third-order valence-corrected chi connectivity index (χ3v) is 3.32. The van der Waals surface area contributed by atoms with Gasteiger partial charge in [-0.3, -0.25) is 0 Å². The zero-order valence-electron chi connectivity index (χ0n) is 12.5. The maximum atomic E-state index is 13.9. The van der Waals surface area contributed by atoms with Crippen LogP contribution in [0.4, 0.5) is 4.39 Å². The third kappa shape index (κ3) is 3.34. The highest BCUT2D eigenvalue weighted by Crippen LogP contribution is 2.36. The summed E-state index contributed by atoms with van der Waals surface area (Å²) >= 11 is 0. The van der Waals surface area contributed by atoms with Gasteiger partial charge in [0.15, 0.2) is 11.5 Å². The standard InChI is InChI=1S/C17H20FNO2/c1-4-12-8-9-14(16(10-12)20-3)21-15-7-5-6-13(18)17(15)11(2)19/h5-11H,4,19H2,1-3H3/t11-/m1/s1. The van der Waals surface area contributed by atoms with Gasteiger partial charge >= 0.3 is 0 Å². The van der Waals surface area contributed by atoms with Crippen LogP contribution in [-0.4, -0.2) is 7.11 Å². The second-order valence-corrected chi connectivity index (χ2v) is 4.88. The lowest BCUT2D eigenvalue weighted by Gasteiger charge is -2.16. The van der Waals surface area contributed by atoms with Gasteiger partial charge in [0.05, 0.1) is 7.11 Å². The highest BCUT2D eigenvalue weighted by atomic mass is 19.1. The van der Waals surface area contributed by atoms with E-state index in [0.717, 1.165) is 12.0 Å². The lowest BCUT2D eigenvalue weighted by Crippen LogP contribution is -2.09. The summed E-state index contributed by atoms with van der Waals surface area (Å²) in [5.74, 6) is 1.20. The molecule has 2 aromatic rings. The quantitative estimate of drug-likeness (QED) is 0.896. The minimum atomic E-state index is -0.456. The molecule has 0 amide bonds. The highest BCUT2D eigenvalue weighted by Gasteiger charge is 2.16. The van der Waals surface area contributed by atoms with Crippen LogP contribution in [0.3, 0.4) is 0 Å². The predicted molar refractivity (Wildman–Crippen MR) is 81.4 cm³/mol. The van der Waals surface area contributed by atoms with Crippen LogP contribution in [0.1, 0.15) is 31.0 Å². The number of aryl methyl sites for hydroxylation is 1. The molecule has 4 heteroatoms. The van der Waals surface area contributed by atoms with Crippen molar-refractivity contribution in [3.05, 3.63) is 53.3 Å². The fraction of sp³-hybridized carbons (Fsp3) is 0.294. The number of halogens is 1. The fourth-order valence-electron chi connectivity index (χ4n) is 2.18. The molecule has 1 atom stereocenters. The molecule has 0 saturated heterocycles. The van der Waals surface area contributed by atoms with E-state index in [2.05, 4.69) is 6.92 Å². The lowest BCUT2D eigenvalue weighted by molar-refractivity contribution is 0.375. The molecule has 0 unspecified atom stereocenters. The van der Waals surface area contributed by atoms with Crippen LogP contribution < -0.4 is 15.2 Å². The van der Waals surface area contributed by atoms with Gasteiger partial charge in [-0.25, -0.2) is 4.39 Å². The van der Waals surface area contributed by atoms with Crippen LogP contribution >= 0.6 is 0 Å². The Hall–Kier alpha value is -2.07. The summed E-state index contributed by atoms with van der Waals surface area (Å²) in [4.78, 5) is 0. The summed E-state index contributed by atoms with van der Waals surface area (Å²) in [5.41, 5.74) is 7.34. The van der Waals surface area contributed by atoms with E-state index in [1.165, 1.54) is 6.07 Å². The summed E-state index contributed by atoms with van der Waals surface area (Å²) in [7, 11) is 1.58. The Morgan fingerprint density at radius 2 is 1.90 bits per heavy atom. The van der Waals surface area contributed by atoms with Crippen molar-refractivity contribution in [3.63, 3.8) is 0 Å². The van der Waals surface area contributed by atoms with E-state index in [4.69, 9.17) is 15.2 Å². The number of hydrogen-bond acceptors (Lipinski definition) is 3. The molecule has 0 fully saturated rings. The Labute approximate surface area is 124 Å². The van der Waals surface area contributed by atoms with Gasteiger partial charge in [0.25, 0.3) is 0 Å². The first-order valence-corrected chi connectivity index (χ1v) is 6.95. The van der Waals surface area contributed by atoms with E-state index < -0.39 is 6.04 Å². The molecule has 0 saturated carbocycles. The first-order chi connectivity index (χ1) is 10.1. The molecule has 2 aromatic carbocycles. The van der Waals surface area contributed by atoms with Crippen LogP contribution in [0.25, 0.3) is 0 Å².